The molecular formula is C20H23BrN2O4S. The van der Waals surface area contributed by atoms with Crippen LogP contribution in [-0.2, 0) is 16.4 Å². The lowest BCUT2D eigenvalue weighted by Gasteiger charge is -2.22. The number of carbonyl (C=O) groups excluding carboxylic acids is 1. The molecule has 2 aromatic carbocycles. The van der Waals surface area contributed by atoms with Crippen LogP contribution in [-0.4, -0.2) is 45.4 Å². The van der Waals surface area contributed by atoms with Gasteiger partial charge in [-0.2, -0.15) is 4.31 Å². The van der Waals surface area contributed by atoms with E-state index in [-0.39, 0.29) is 16.6 Å². The molecule has 0 aliphatic carbocycles. The van der Waals surface area contributed by atoms with Crippen LogP contribution >= 0.6 is 15.9 Å². The Hall–Kier alpha value is -1.90. The van der Waals surface area contributed by atoms with Gasteiger partial charge in [0.2, 0.25) is 10.0 Å². The van der Waals surface area contributed by atoms with E-state index in [1.54, 1.807) is 30.9 Å². The van der Waals surface area contributed by atoms with E-state index in [1.165, 1.54) is 17.5 Å². The van der Waals surface area contributed by atoms with Gasteiger partial charge < -0.3 is 9.64 Å². The van der Waals surface area contributed by atoms with E-state index < -0.39 is 10.0 Å². The van der Waals surface area contributed by atoms with Crippen molar-refractivity contribution in [2.45, 2.75) is 25.2 Å². The average molecular weight is 467 g/mol. The highest BCUT2D eigenvalue weighted by atomic mass is 79.9. The van der Waals surface area contributed by atoms with Crippen LogP contribution in [0, 0.1) is 0 Å². The summed E-state index contributed by atoms with van der Waals surface area (Å²) >= 11 is 3.45. The third-order valence-electron chi connectivity index (χ3n) is 4.92. The van der Waals surface area contributed by atoms with Gasteiger partial charge in [0.05, 0.1) is 7.11 Å². The number of sulfonamides is 1. The molecule has 1 aliphatic rings. The number of ether oxygens (including phenoxy) is 1. The summed E-state index contributed by atoms with van der Waals surface area (Å²) in [5.41, 5.74) is 2.27. The summed E-state index contributed by atoms with van der Waals surface area (Å²) in [4.78, 5) is 14.9. The average Bonchev–Trinajstić information content (AvgIpc) is 3.10. The molecule has 3 rings (SSSR count). The maximum atomic E-state index is 13.1. The van der Waals surface area contributed by atoms with Crippen LogP contribution < -0.4 is 9.64 Å². The van der Waals surface area contributed by atoms with Crippen LogP contribution in [0.15, 0.2) is 45.8 Å². The van der Waals surface area contributed by atoms with Crippen LogP contribution in [0.25, 0.3) is 0 Å². The van der Waals surface area contributed by atoms with E-state index in [4.69, 9.17) is 4.74 Å². The van der Waals surface area contributed by atoms with Gasteiger partial charge in [-0.15, -0.1) is 0 Å². The third kappa shape index (κ3) is 3.68. The Bertz CT molecular complexity index is 1000. The molecule has 8 heteroatoms. The zero-order chi connectivity index (χ0) is 20.5. The van der Waals surface area contributed by atoms with Crippen LogP contribution in [0.4, 0.5) is 5.69 Å². The maximum Gasteiger partial charge on any atom is 0.258 e. The van der Waals surface area contributed by atoms with E-state index >= 15 is 0 Å². The minimum atomic E-state index is -3.76. The number of hydrogen-bond donors (Lipinski definition) is 0. The fraction of sp³-hybridized carbons (Fsp3) is 0.350. The number of halogens is 1. The summed E-state index contributed by atoms with van der Waals surface area (Å²) in [6.07, 6.45) is 0.765. The van der Waals surface area contributed by atoms with Crippen LogP contribution in [0.1, 0.15) is 29.8 Å². The molecule has 1 heterocycles. The fourth-order valence-corrected chi connectivity index (χ4v) is 5.50. The Labute approximate surface area is 174 Å². The van der Waals surface area contributed by atoms with E-state index in [0.717, 1.165) is 22.1 Å². The van der Waals surface area contributed by atoms with Crippen LogP contribution in [0.2, 0.25) is 0 Å². The summed E-state index contributed by atoms with van der Waals surface area (Å²) in [5.74, 6) is 0.00826. The number of anilines is 1. The van der Waals surface area contributed by atoms with Crippen molar-refractivity contribution >= 4 is 37.5 Å². The maximum absolute atomic E-state index is 13.1. The molecule has 28 heavy (non-hydrogen) atoms. The van der Waals surface area contributed by atoms with Crippen LogP contribution in [0.5, 0.6) is 5.75 Å². The van der Waals surface area contributed by atoms with Gasteiger partial charge in [0.25, 0.3) is 5.91 Å². The highest BCUT2D eigenvalue weighted by Crippen LogP contribution is 2.33. The van der Waals surface area contributed by atoms with Crippen molar-refractivity contribution in [3.05, 3.63) is 52.0 Å². The van der Waals surface area contributed by atoms with Crippen molar-refractivity contribution in [3.63, 3.8) is 0 Å². The smallest absolute Gasteiger partial charge is 0.258 e. The molecule has 0 fully saturated rings. The van der Waals surface area contributed by atoms with Gasteiger partial charge in [-0.1, -0.05) is 29.8 Å². The summed E-state index contributed by atoms with van der Waals surface area (Å²) < 4.78 is 33.6. The molecule has 0 saturated carbocycles. The number of carbonyl (C=O) groups is 1. The molecule has 0 N–H and O–H groups in total. The van der Waals surface area contributed by atoms with Crippen molar-refractivity contribution in [3.8, 4) is 5.75 Å². The number of nitrogens with zero attached hydrogens (tertiary/aromatic N) is 2. The molecular weight excluding hydrogens is 444 g/mol. The van der Waals surface area contributed by atoms with Crippen molar-refractivity contribution in [2.75, 3.05) is 31.6 Å². The first-order valence-corrected chi connectivity index (χ1v) is 11.3. The van der Waals surface area contributed by atoms with Crippen LogP contribution in [0.3, 0.4) is 0 Å². The number of rotatable bonds is 6. The molecule has 0 unspecified atom stereocenters. The minimum Gasteiger partial charge on any atom is -0.495 e. The largest absolute Gasteiger partial charge is 0.495 e. The Morgan fingerprint density at radius 3 is 2.54 bits per heavy atom. The van der Waals surface area contributed by atoms with Crippen molar-refractivity contribution in [2.24, 2.45) is 0 Å². The zero-order valence-corrected chi connectivity index (χ0v) is 18.5. The molecule has 1 aliphatic heterocycles. The highest BCUT2D eigenvalue weighted by Gasteiger charge is 2.30. The number of hydrogen-bond acceptors (Lipinski definition) is 4. The van der Waals surface area contributed by atoms with Gasteiger partial charge >= 0.3 is 0 Å². The van der Waals surface area contributed by atoms with Gasteiger partial charge in [-0.05, 0) is 48.4 Å². The second-order valence-corrected chi connectivity index (χ2v) is 9.26. The fourth-order valence-electron chi connectivity index (χ4n) is 3.45. The second kappa shape index (κ2) is 8.23. The van der Waals surface area contributed by atoms with Gasteiger partial charge in [-0.25, -0.2) is 8.42 Å². The summed E-state index contributed by atoms with van der Waals surface area (Å²) in [6, 6.07) is 10.4. The Kier molecular flexibility index (Phi) is 6.12. The predicted octanol–water partition coefficient (Wildman–Crippen LogP) is 3.69. The summed E-state index contributed by atoms with van der Waals surface area (Å²) in [6.45, 7) is 4.81. The SMILES string of the molecule is CCN(CC)S(=O)(=O)c1cc(C(=O)N2CCc3cc(Br)ccc32)ccc1OC. The molecule has 0 spiro atoms. The monoisotopic (exact) mass is 466 g/mol. The topological polar surface area (TPSA) is 66.9 Å². The number of amides is 1. The first-order valence-electron chi connectivity index (χ1n) is 9.12. The molecule has 0 aromatic heterocycles. The second-order valence-electron chi connectivity index (χ2n) is 6.43. The predicted molar refractivity (Wildman–Crippen MR) is 113 cm³/mol. The quantitative estimate of drug-likeness (QED) is 0.650. The summed E-state index contributed by atoms with van der Waals surface area (Å²) in [5, 5.41) is 0. The van der Waals surface area contributed by atoms with Gasteiger partial charge in [-0.3, -0.25) is 4.79 Å². The van der Waals surface area contributed by atoms with E-state index in [9.17, 15) is 13.2 Å². The van der Waals surface area contributed by atoms with E-state index in [1.807, 2.05) is 18.2 Å². The first-order chi connectivity index (χ1) is 13.3. The lowest BCUT2D eigenvalue weighted by molar-refractivity contribution is 0.0989. The first kappa shape index (κ1) is 20.8. The molecule has 0 bridgehead atoms. The lowest BCUT2D eigenvalue weighted by Crippen LogP contribution is -2.32. The Balaban J connectivity index is 2.02. The number of methoxy groups -OCH3 is 1. The zero-order valence-electron chi connectivity index (χ0n) is 16.1. The molecule has 0 saturated heterocycles. The normalized spacial score (nSPS) is 13.7. The van der Waals surface area contributed by atoms with Crippen molar-refractivity contribution < 1.29 is 17.9 Å². The molecule has 2 aromatic rings. The standard InChI is InChI=1S/C20H23BrN2O4S/c1-4-22(5-2)28(25,26)19-13-15(6-9-18(19)27-3)20(24)23-11-10-14-12-16(21)7-8-17(14)23/h6-9,12-13H,4-5,10-11H2,1-3H3. The molecule has 0 atom stereocenters. The Morgan fingerprint density at radius 1 is 1.18 bits per heavy atom. The Morgan fingerprint density at radius 2 is 1.89 bits per heavy atom. The lowest BCUT2D eigenvalue weighted by atomic mass is 10.1. The molecule has 1 amide bonds. The third-order valence-corrected chi connectivity index (χ3v) is 7.48. The van der Waals surface area contributed by atoms with E-state index in [0.29, 0.717) is 25.2 Å². The van der Waals surface area contributed by atoms with Gasteiger partial charge in [0.1, 0.15) is 10.6 Å². The van der Waals surface area contributed by atoms with Crippen molar-refractivity contribution in [1.29, 1.82) is 0 Å². The highest BCUT2D eigenvalue weighted by molar-refractivity contribution is 9.10. The molecule has 6 nitrogen and oxygen atoms in total. The molecule has 0 radical (unpaired) electrons. The van der Waals surface area contributed by atoms with Crippen molar-refractivity contribution in [1.82, 2.24) is 4.31 Å². The van der Waals surface area contributed by atoms with Gasteiger partial charge in [0.15, 0.2) is 0 Å². The van der Waals surface area contributed by atoms with Gasteiger partial charge in [0, 0.05) is 35.4 Å². The minimum absolute atomic E-state index is 0.0137. The number of benzene rings is 2. The summed E-state index contributed by atoms with van der Waals surface area (Å²) in [7, 11) is -2.33. The van der Waals surface area contributed by atoms with E-state index in [2.05, 4.69) is 15.9 Å². The molecule has 150 valence electrons. The number of fused-ring (bicyclic) bond motifs is 1.